The molecular weight excluding hydrogens is 336 g/mol. The first-order chi connectivity index (χ1) is 11.5. The highest BCUT2D eigenvalue weighted by molar-refractivity contribution is 5.80. The fraction of sp³-hybridized carbons (Fsp3) is 0.467. The molecule has 0 aliphatic carbocycles. The van der Waals surface area contributed by atoms with E-state index in [1.54, 1.807) is 20.8 Å². The predicted molar refractivity (Wildman–Crippen MR) is 85.9 cm³/mol. The molecule has 0 spiro atoms. The second-order valence-electron chi connectivity index (χ2n) is 5.94. The summed E-state index contributed by atoms with van der Waals surface area (Å²) in [5.41, 5.74) is -1.17. The standard InChI is InChI=1S/C15H20N2O8/c1-15(2,3)25-14(20)16-10(13(18)19)8-24-12-7-9(23-4)5-6-11(12)17(21)22/h5-7,10H,8H2,1-4H3,(H,16,20)(H,18,19)/t10-/m0/s1. The van der Waals surface area contributed by atoms with Gasteiger partial charge in [-0.25, -0.2) is 9.59 Å². The van der Waals surface area contributed by atoms with Crippen LogP contribution in [-0.2, 0) is 9.53 Å². The third-order valence-electron chi connectivity index (χ3n) is 2.76. The third kappa shape index (κ3) is 6.53. The van der Waals surface area contributed by atoms with Gasteiger partial charge in [-0.3, -0.25) is 10.1 Å². The van der Waals surface area contributed by atoms with Gasteiger partial charge in [-0.15, -0.1) is 0 Å². The molecule has 0 radical (unpaired) electrons. The molecule has 0 fully saturated rings. The molecule has 1 atom stereocenters. The van der Waals surface area contributed by atoms with Crippen LogP contribution in [0.1, 0.15) is 20.8 Å². The molecule has 1 amide bonds. The minimum atomic E-state index is -1.46. The van der Waals surface area contributed by atoms with Crippen molar-refractivity contribution in [3.05, 3.63) is 28.3 Å². The van der Waals surface area contributed by atoms with E-state index >= 15 is 0 Å². The van der Waals surface area contributed by atoms with E-state index < -0.39 is 35.2 Å². The third-order valence-corrected chi connectivity index (χ3v) is 2.76. The van der Waals surface area contributed by atoms with Gasteiger partial charge in [0.2, 0.25) is 5.75 Å². The highest BCUT2D eigenvalue weighted by atomic mass is 16.6. The molecule has 2 N–H and O–H groups in total. The zero-order valence-corrected chi connectivity index (χ0v) is 14.3. The Morgan fingerprint density at radius 3 is 2.48 bits per heavy atom. The summed E-state index contributed by atoms with van der Waals surface area (Å²) in [5.74, 6) is -1.26. The Hall–Kier alpha value is -3.04. The van der Waals surface area contributed by atoms with Crippen LogP contribution in [0.5, 0.6) is 11.5 Å². The molecule has 0 aliphatic heterocycles. The summed E-state index contributed by atoms with van der Waals surface area (Å²) in [7, 11) is 1.37. The number of hydrogen-bond acceptors (Lipinski definition) is 7. The monoisotopic (exact) mass is 356 g/mol. The van der Waals surface area contributed by atoms with Crippen LogP contribution in [0.25, 0.3) is 0 Å². The Morgan fingerprint density at radius 1 is 1.36 bits per heavy atom. The number of carbonyl (C=O) groups is 2. The number of rotatable bonds is 7. The molecule has 10 heteroatoms. The van der Waals surface area contributed by atoms with E-state index in [0.717, 1.165) is 0 Å². The Kier molecular flexibility index (Phi) is 6.54. The van der Waals surface area contributed by atoms with Gasteiger partial charge in [0.15, 0.2) is 6.04 Å². The lowest BCUT2D eigenvalue weighted by Crippen LogP contribution is -2.46. The lowest BCUT2D eigenvalue weighted by Gasteiger charge is -2.22. The largest absolute Gasteiger partial charge is 0.497 e. The fourth-order valence-corrected chi connectivity index (χ4v) is 1.69. The molecule has 0 heterocycles. The Morgan fingerprint density at radius 2 is 2.00 bits per heavy atom. The summed E-state index contributed by atoms with van der Waals surface area (Å²) >= 11 is 0. The number of nitro groups is 1. The summed E-state index contributed by atoms with van der Waals surface area (Å²) < 4.78 is 15.1. The maximum absolute atomic E-state index is 11.7. The first-order valence-electron chi connectivity index (χ1n) is 7.21. The number of alkyl carbamates (subject to hydrolysis) is 1. The van der Waals surface area contributed by atoms with Crippen molar-refractivity contribution in [2.24, 2.45) is 0 Å². The van der Waals surface area contributed by atoms with Gasteiger partial charge >= 0.3 is 17.7 Å². The number of nitrogens with one attached hydrogen (secondary N) is 1. The van der Waals surface area contributed by atoms with Gasteiger partial charge < -0.3 is 24.6 Å². The molecule has 0 aliphatic rings. The molecule has 138 valence electrons. The van der Waals surface area contributed by atoms with E-state index in [2.05, 4.69) is 5.32 Å². The van der Waals surface area contributed by atoms with Gasteiger partial charge in [-0.1, -0.05) is 0 Å². The SMILES string of the molecule is COc1ccc([N+](=O)[O-])c(OC[C@H](NC(=O)OC(C)(C)C)C(=O)O)c1. The molecule has 25 heavy (non-hydrogen) atoms. The van der Waals surface area contributed by atoms with Crippen molar-refractivity contribution < 1.29 is 33.8 Å². The molecule has 0 unspecified atom stereocenters. The average Bonchev–Trinajstić information content (AvgIpc) is 2.48. The molecule has 1 aromatic rings. The van der Waals surface area contributed by atoms with Crippen LogP contribution in [0.3, 0.4) is 0 Å². The van der Waals surface area contributed by atoms with Crippen molar-refractivity contribution >= 4 is 17.7 Å². The maximum atomic E-state index is 11.7. The lowest BCUT2D eigenvalue weighted by molar-refractivity contribution is -0.385. The minimum Gasteiger partial charge on any atom is -0.497 e. The van der Waals surface area contributed by atoms with Crippen LogP contribution in [0.2, 0.25) is 0 Å². The van der Waals surface area contributed by atoms with Gasteiger partial charge in [0.05, 0.1) is 12.0 Å². The number of carboxylic acid groups (broad SMARTS) is 1. The second-order valence-corrected chi connectivity index (χ2v) is 5.94. The summed E-state index contributed by atoms with van der Waals surface area (Å²) in [6.07, 6.45) is -0.941. The quantitative estimate of drug-likeness (QED) is 0.558. The molecule has 0 saturated carbocycles. The van der Waals surface area contributed by atoms with Crippen molar-refractivity contribution in [1.82, 2.24) is 5.32 Å². The molecule has 0 saturated heterocycles. The molecule has 0 bridgehead atoms. The van der Waals surface area contributed by atoms with Gasteiger partial charge in [-0.05, 0) is 26.8 Å². The van der Waals surface area contributed by atoms with Gasteiger partial charge in [0, 0.05) is 12.1 Å². The zero-order chi connectivity index (χ0) is 19.2. The molecule has 0 aromatic heterocycles. The molecule has 10 nitrogen and oxygen atoms in total. The Labute approximate surface area is 143 Å². The fourth-order valence-electron chi connectivity index (χ4n) is 1.69. The number of nitrogens with zero attached hydrogens (tertiary/aromatic N) is 1. The first kappa shape index (κ1) is 20.0. The molecule has 1 rings (SSSR count). The number of benzene rings is 1. The van der Waals surface area contributed by atoms with Crippen LogP contribution in [0, 0.1) is 10.1 Å². The number of ether oxygens (including phenoxy) is 3. The van der Waals surface area contributed by atoms with Gasteiger partial charge in [0.25, 0.3) is 0 Å². The summed E-state index contributed by atoms with van der Waals surface area (Å²) in [4.78, 5) is 33.3. The average molecular weight is 356 g/mol. The van der Waals surface area contributed by atoms with E-state index in [1.165, 1.54) is 25.3 Å². The number of methoxy groups -OCH3 is 1. The van der Waals surface area contributed by atoms with Gasteiger partial charge in [0.1, 0.15) is 18.0 Å². The minimum absolute atomic E-state index is 0.179. The van der Waals surface area contributed by atoms with E-state index in [4.69, 9.17) is 19.3 Å². The summed E-state index contributed by atoms with van der Waals surface area (Å²) in [6.45, 7) is 4.33. The van der Waals surface area contributed by atoms with Crippen molar-refractivity contribution in [2.45, 2.75) is 32.4 Å². The number of carbonyl (C=O) groups excluding carboxylic acids is 1. The second kappa shape index (κ2) is 8.18. The topological polar surface area (TPSA) is 137 Å². The van der Waals surface area contributed by atoms with Crippen LogP contribution in [0.15, 0.2) is 18.2 Å². The van der Waals surface area contributed by atoms with Crippen molar-refractivity contribution in [1.29, 1.82) is 0 Å². The summed E-state index contributed by atoms with van der Waals surface area (Å²) in [6, 6.07) is 2.34. The van der Waals surface area contributed by atoms with E-state index in [0.29, 0.717) is 5.75 Å². The van der Waals surface area contributed by atoms with E-state index in [1.807, 2.05) is 0 Å². The molecular formula is C15H20N2O8. The van der Waals surface area contributed by atoms with Crippen LogP contribution in [-0.4, -0.2) is 47.5 Å². The van der Waals surface area contributed by atoms with Crippen molar-refractivity contribution in [2.75, 3.05) is 13.7 Å². The number of carboxylic acids is 1. The Bertz CT molecular complexity index is 653. The predicted octanol–water partition coefficient (Wildman–Crippen LogP) is 1.96. The molecule has 1 aromatic carbocycles. The Balaban J connectivity index is 2.86. The number of amides is 1. The highest BCUT2D eigenvalue weighted by Crippen LogP contribution is 2.31. The van der Waals surface area contributed by atoms with Crippen LogP contribution < -0.4 is 14.8 Å². The normalized spacial score (nSPS) is 12.0. The first-order valence-corrected chi connectivity index (χ1v) is 7.21. The van der Waals surface area contributed by atoms with Crippen LogP contribution in [0.4, 0.5) is 10.5 Å². The lowest BCUT2D eigenvalue weighted by atomic mass is 10.2. The summed E-state index contributed by atoms with van der Waals surface area (Å²) in [5, 5.41) is 22.3. The number of nitro benzene ring substituents is 1. The number of aliphatic carboxylic acids is 1. The van der Waals surface area contributed by atoms with Crippen molar-refractivity contribution in [3.63, 3.8) is 0 Å². The highest BCUT2D eigenvalue weighted by Gasteiger charge is 2.26. The van der Waals surface area contributed by atoms with Crippen molar-refractivity contribution in [3.8, 4) is 11.5 Å². The van der Waals surface area contributed by atoms with E-state index in [9.17, 15) is 19.7 Å². The smallest absolute Gasteiger partial charge is 0.408 e. The van der Waals surface area contributed by atoms with Crippen LogP contribution >= 0.6 is 0 Å². The van der Waals surface area contributed by atoms with E-state index in [-0.39, 0.29) is 11.4 Å². The maximum Gasteiger partial charge on any atom is 0.408 e. The number of hydrogen-bond donors (Lipinski definition) is 2. The van der Waals surface area contributed by atoms with Gasteiger partial charge in [-0.2, -0.15) is 0 Å². The zero-order valence-electron chi connectivity index (χ0n) is 14.3.